The maximum Gasteiger partial charge on any atom is 0.259 e. The van der Waals surface area contributed by atoms with E-state index >= 15 is 0 Å². The zero-order chi connectivity index (χ0) is 18.8. The van der Waals surface area contributed by atoms with Crippen molar-refractivity contribution < 1.29 is 4.79 Å². The van der Waals surface area contributed by atoms with Crippen molar-refractivity contribution in [1.29, 1.82) is 0 Å². The molecule has 0 aliphatic heterocycles. The summed E-state index contributed by atoms with van der Waals surface area (Å²) in [6.45, 7) is 3.75. The zero-order valence-electron chi connectivity index (χ0n) is 14.9. The number of benzene rings is 2. The smallest absolute Gasteiger partial charge is 0.259 e. The highest BCUT2D eigenvalue weighted by Gasteiger charge is 2.19. The lowest BCUT2D eigenvalue weighted by molar-refractivity contribution is 0.102. The third-order valence-electron chi connectivity index (χ3n) is 4.32. The molecule has 0 saturated carbocycles. The normalized spacial score (nSPS) is 10.7. The molecule has 7 heteroatoms. The molecule has 27 heavy (non-hydrogen) atoms. The summed E-state index contributed by atoms with van der Waals surface area (Å²) in [6.07, 6.45) is 0. The summed E-state index contributed by atoms with van der Waals surface area (Å²) in [5, 5.41) is 13.4. The molecule has 2 heterocycles. The van der Waals surface area contributed by atoms with Gasteiger partial charge in [-0.05, 0) is 49.6 Å². The Kier molecular flexibility index (Phi) is 4.52. The molecule has 0 unspecified atom stereocenters. The van der Waals surface area contributed by atoms with Crippen LogP contribution in [0.1, 0.15) is 21.7 Å². The van der Waals surface area contributed by atoms with E-state index in [0.29, 0.717) is 11.3 Å². The van der Waals surface area contributed by atoms with Gasteiger partial charge in [0.2, 0.25) is 0 Å². The molecule has 0 bridgehead atoms. The summed E-state index contributed by atoms with van der Waals surface area (Å²) in [5.74, 6) is -0.171. The summed E-state index contributed by atoms with van der Waals surface area (Å²) < 4.78 is 5.66. The van der Waals surface area contributed by atoms with Crippen LogP contribution in [0.5, 0.6) is 0 Å². The first-order valence-electron chi connectivity index (χ1n) is 8.44. The standard InChI is InChI=1S/C20H17N5OS/c1-13-19(14(2)25(23-13)17-6-4-3-5-7-17)20(26)21-16-10-8-15(9-11-16)18-12-27-24-22-18/h3-12H,1-2H3,(H,21,26). The lowest BCUT2D eigenvalue weighted by Gasteiger charge is -2.07. The molecule has 2 aromatic heterocycles. The number of anilines is 1. The Bertz CT molecular complexity index is 1070. The first-order valence-corrected chi connectivity index (χ1v) is 9.27. The maximum atomic E-state index is 12.8. The summed E-state index contributed by atoms with van der Waals surface area (Å²) in [6, 6.07) is 17.3. The van der Waals surface area contributed by atoms with E-state index in [0.717, 1.165) is 28.3 Å². The molecule has 0 spiro atoms. The highest BCUT2D eigenvalue weighted by molar-refractivity contribution is 7.03. The largest absolute Gasteiger partial charge is 0.322 e. The average molecular weight is 375 g/mol. The fourth-order valence-corrected chi connectivity index (χ4v) is 3.47. The molecule has 1 N–H and O–H groups in total. The second kappa shape index (κ2) is 7.13. The SMILES string of the molecule is Cc1nn(-c2ccccc2)c(C)c1C(=O)Nc1ccc(-c2csnn2)cc1. The van der Waals surface area contributed by atoms with Gasteiger partial charge in [-0.2, -0.15) is 5.10 Å². The molecule has 0 atom stereocenters. The maximum absolute atomic E-state index is 12.8. The van der Waals surface area contributed by atoms with Crippen LogP contribution in [0.2, 0.25) is 0 Å². The summed E-state index contributed by atoms with van der Waals surface area (Å²) in [7, 11) is 0. The van der Waals surface area contributed by atoms with E-state index in [1.54, 1.807) is 4.68 Å². The van der Waals surface area contributed by atoms with Crippen molar-refractivity contribution in [3.05, 3.63) is 76.9 Å². The highest BCUT2D eigenvalue weighted by atomic mass is 32.1. The van der Waals surface area contributed by atoms with Crippen molar-refractivity contribution >= 4 is 23.1 Å². The number of hydrogen-bond donors (Lipinski definition) is 1. The topological polar surface area (TPSA) is 72.7 Å². The van der Waals surface area contributed by atoms with Crippen molar-refractivity contribution in [2.24, 2.45) is 0 Å². The quantitative estimate of drug-likeness (QED) is 0.578. The number of carbonyl (C=O) groups excluding carboxylic acids is 1. The number of nitrogens with one attached hydrogen (secondary N) is 1. The number of aromatic nitrogens is 4. The Morgan fingerprint density at radius 1 is 1.04 bits per heavy atom. The van der Waals surface area contributed by atoms with Gasteiger partial charge in [-0.3, -0.25) is 4.79 Å². The van der Waals surface area contributed by atoms with E-state index in [2.05, 4.69) is 20.0 Å². The minimum atomic E-state index is -0.171. The van der Waals surface area contributed by atoms with Crippen molar-refractivity contribution in [3.63, 3.8) is 0 Å². The Hall–Kier alpha value is -3.32. The number of amides is 1. The monoisotopic (exact) mass is 375 g/mol. The molecule has 0 aliphatic rings. The van der Waals surface area contributed by atoms with Crippen molar-refractivity contribution in [3.8, 4) is 16.9 Å². The Balaban J connectivity index is 1.58. The van der Waals surface area contributed by atoms with Crippen LogP contribution in [0.15, 0.2) is 60.0 Å². The summed E-state index contributed by atoms with van der Waals surface area (Å²) in [4.78, 5) is 12.8. The van der Waals surface area contributed by atoms with Crippen molar-refractivity contribution in [2.75, 3.05) is 5.32 Å². The van der Waals surface area contributed by atoms with Gasteiger partial charge in [-0.25, -0.2) is 4.68 Å². The highest BCUT2D eigenvalue weighted by Crippen LogP contribution is 2.22. The third-order valence-corrected chi connectivity index (χ3v) is 4.82. The first kappa shape index (κ1) is 17.1. The molecule has 0 saturated heterocycles. The third kappa shape index (κ3) is 3.37. The molecule has 4 aromatic rings. The molecular weight excluding hydrogens is 358 g/mol. The van der Waals surface area contributed by atoms with Crippen LogP contribution in [0.25, 0.3) is 16.9 Å². The van der Waals surface area contributed by atoms with E-state index in [9.17, 15) is 4.79 Å². The van der Waals surface area contributed by atoms with Gasteiger partial charge in [0.05, 0.1) is 22.6 Å². The van der Waals surface area contributed by atoms with Crippen LogP contribution in [0.4, 0.5) is 5.69 Å². The summed E-state index contributed by atoms with van der Waals surface area (Å²) in [5.41, 5.74) is 5.53. The van der Waals surface area contributed by atoms with Gasteiger partial charge in [0.1, 0.15) is 5.69 Å². The van der Waals surface area contributed by atoms with Gasteiger partial charge >= 0.3 is 0 Å². The second-order valence-electron chi connectivity index (χ2n) is 6.11. The van der Waals surface area contributed by atoms with Crippen LogP contribution in [0, 0.1) is 13.8 Å². The van der Waals surface area contributed by atoms with Crippen LogP contribution in [0.3, 0.4) is 0 Å². The number of carbonyl (C=O) groups is 1. The molecule has 2 aromatic carbocycles. The van der Waals surface area contributed by atoms with Gasteiger partial charge in [0.25, 0.3) is 5.91 Å². The molecule has 0 aliphatic carbocycles. The predicted octanol–water partition coefficient (Wildman–Crippen LogP) is 4.26. The van der Waals surface area contributed by atoms with Crippen LogP contribution in [-0.2, 0) is 0 Å². The van der Waals surface area contributed by atoms with Gasteiger partial charge in [0.15, 0.2) is 0 Å². The molecule has 0 radical (unpaired) electrons. The first-order chi connectivity index (χ1) is 13.1. The number of hydrogen-bond acceptors (Lipinski definition) is 5. The molecule has 6 nitrogen and oxygen atoms in total. The van der Waals surface area contributed by atoms with E-state index < -0.39 is 0 Å². The zero-order valence-corrected chi connectivity index (χ0v) is 15.7. The summed E-state index contributed by atoms with van der Waals surface area (Å²) >= 11 is 1.31. The fourth-order valence-electron chi connectivity index (χ4n) is 3.00. The number of aryl methyl sites for hydroxylation is 1. The Morgan fingerprint density at radius 3 is 2.44 bits per heavy atom. The van der Waals surface area contributed by atoms with Crippen LogP contribution < -0.4 is 5.32 Å². The van der Waals surface area contributed by atoms with Gasteiger partial charge in [-0.15, -0.1) is 5.10 Å². The fraction of sp³-hybridized carbons (Fsp3) is 0.100. The molecular formula is C20H17N5OS. The lowest BCUT2D eigenvalue weighted by Crippen LogP contribution is -2.14. The van der Waals surface area contributed by atoms with E-state index in [1.807, 2.05) is 73.8 Å². The molecule has 0 fully saturated rings. The molecule has 134 valence electrons. The van der Waals surface area contributed by atoms with Gasteiger partial charge < -0.3 is 5.32 Å². The van der Waals surface area contributed by atoms with E-state index in [-0.39, 0.29) is 5.91 Å². The Labute approximate surface area is 160 Å². The van der Waals surface area contributed by atoms with E-state index in [4.69, 9.17) is 0 Å². The molecule has 4 rings (SSSR count). The second-order valence-corrected chi connectivity index (χ2v) is 6.72. The number of nitrogens with zero attached hydrogens (tertiary/aromatic N) is 4. The lowest BCUT2D eigenvalue weighted by atomic mass is 10.1. The van der Waals surface area contributed by atoms with Crippen LogP contribution >= 0.6 is 11.5 Å². The predicted molar refractivity (Wildman–Crippen MR) is 106 cm³/mol. The van der Waals surface area contributed by atoms with Crippen molar-refractivity contribution in [2.45, 2.75) is 13.8 Å². The van der Waals surface area contributed by atoms with Gasteiger partial charge in [-0.1, -0.05) is 34.8 Å². The average Bonchev–Trinajstić information content (AvgIpc) is 3.31. The van der Waals surface area contributed by atoms with E-state index in [1.165, 1.54) is 11.5 Å². The van der Waals surface area contributed by atoms with Gasteiger partial charge in [0, 0.05) is 16.6 Å². The Morgan fingerprint density at radius 2 is 1.78 bits per heavy atom. The minimum absolute atomic E-state index is 0.171. The number of rotatable bonds is 4. The van der Waals surface area contributed by atoms with Crippen LogP contribution in [-0.4, -0.2) is 25.3 Å². The van der Waals surface area contributed by atoms with Crippen molar-refractivity contribution in [1.82, 2.24) is 19.4 Å². The molecule has 1 amide bonds. The number of para-hydroxylation sites is 1. The minimum Gasteiger partial charge on any atom is -0.322 e.